The van der Waals surface area contributed by atoms with Crippen LogP contribution in [-0.2, 0) is 95.3 Å². The van der Waals surface area contributed by atoms with Crippen LogP contribution in [-0.4, -0.2) is 277 Å². The van der Waals surface area contributed by atoms with Gasteiger partial charge >= 0.3 is 59.7 Å². The minimum atomic E-state index is -0.526. The minimum absolute atomic E-state index is 0.0119. The normalized spacial score (nSPS) is 12.2. The molecule has 0 amide bonds. The molecule has 2 N–H and O–H groups in total. The smallest absolute Gasteiger partial charge is 0.309 e. The fourth-order valence-corrected chi connectivity index (χ4v) is 16.5. The first-order valence-corrected chi connectivity index (χ1v) is 51.4. The fourth-order valence-electron chi connectivity index (χ4n) is 11.7. The van der Waals surface area contributed by atoms with Crippen molar-refractivity contribution in [3.05, 3.63) is 0 Å². The van der Waals surface area contributed by atoms with Gasteiger partial charge in [0.05, 0.1) is 61.7 Å². The predicted molar refractivity (Wildman–Crippen MR) is 501 cm³/mol. The van der Waals surface area contributed by atoms with Crippen molar-refractivity contribution in [3.8, 4) is 47.2 Å². The maximum absolute atomic E-state index is 13.4. The van der Waals surface area contributed by atoms with Crippen molar-refractivity contribution >= 4 is 119 Å². The summed E-state index contributed by atoms with van der Waals surface area (Å²) in [6.45, 7) is 21.5. The first-order valence-electron chi connectivity index (χ1n) is 45.8. The zero-order valence-corrected chi connectivity index (χ0v) is 80.7. The van der Waals surface area contributed by atoms with Crippen LogP contribution in [0.25, 0.3) is 0 Å². The van der Waals surface area contributed by atoms with Crippen molar-refractivity contribution in [2.75, 3.05) is 203 Å². The minimum Gasteiger partial charge on any atom is -0.462 e. The highest BCUT2D eigenvalue weighted by Gasteiger charge is 2.23. The Morgan fingerprint density at radius 3 is 0.813 bits per heavy atom. The number of hydrogen-bond acceptors (Lipinski definition) is 30. The highest BCUT2D eigenvalue weighted by Crippen LogP contribution is 2.20. The molecule has 0 aromatic heterocycles. The van der Waals surface area contributed by atoms with Crippen molar-refractivity contribution in [1.29, 1.82) is 0 Å². The average Bonchev–Trinajstić information content (AvgIpc) is 0.932. The van der Waals surface area contributed by atoms with Crippen LogP contribution in [0.1, 0.15) is 249 Å². The molecule has 0 bridgehead atoms. The zero-order valence-electron chi connectivity index (χ0n) is 76.6. The second-order valence-corrected chi connectivity index (χ2v) is 36.2. The van der Waals surface area contributed by atoms with E-state index in [0.29, 0.717) is 94.2 Å². The maximum atomic E-state index is 13.4. The third-order valence-corrected chi connectivity index (χ3v) is 25.5. The summed E-state index contributed by atoms with van der Waals surface area (Å²) in [5.74, 6) is 15.5. The summed E-state index contributed by atoms with van der Waals surface area (Å²) in [6, 6.07) is 0. The summed E-state index contributed by atoms with van der Waals surface area (Å²) >= 11 is 8.17. The van der Waals surface area contributed by atoms with Gasteiger partial charge in [0.15, 0.2) is 0 Å². The summed E-state index contributed by atoms with van der Waals surface area (Å²) in [7, 11) is 0. The van der Waals surface area contributed by atoms with E-state index in [0.717, 1.165) is 48.7 Å². The Kier molecular flexibility index (Phi) is 83.3. The molecule has 0 aromatic rings. The van der Waals surface area contributed by atoms with Crippen molar-refractivity contribution in [2.45, 2.75) is 249 Å². The summed E-state index contributed by atoms with van der Waals surface area (Å²) in [6.07, 6.45) is 34.0. The molecule has 123 heavy (non-hydrogen) atoms. The zero-order chi connectivity index (χ0) is 90.5. The van der Waals surface area contributed by atoms with Crippen molar-refractivity contribution in [1.82, 2.24) is 25.3 Å². The van der Waals surface area contributed by atoms with E-state index in [-0.39, 0.29) is 165 Å². The summed E-state index contributed by atoms with van der Waals surface area (Å²) in [5, 5.41) is 9.58. The lowest BCUT2D eigenvalue weighted by molar-refractivity contribution is -0.154. The molecule has 0 aliphatic rings. The molecular weight excluding hydrogens is 1670 g/mol. The Labute approximate surface area is 762 Å². The molecule has 0 spiro atoms. The second kappa shape index (κ2) is 87.2. The van der Waals surface area contributed by atoms with E-state index in [1.807, 2.05) is 32.6 Å². The Bertz CT molecular complexity index is 2950. The molecule has 5 atom stereocenters. The summed E-state index contributed by atoms with van der Waals surface area (Å²) in [4.78, 5) is 136. The molecule has 0 saturated carbocycles. The van der Waals surface area contributed by atoms with Gasteiger partial charge in [-0.25, -0.2) is 0 Å². The number of thioether (sulfide) groups is 5. The van der Waals surface area contributed by atoms with Gasteiger partial charge in [-0.1, -0.05) is 202 Å². The van der Waals surface area contributed by atoms with E-state index in [9.17, 15) is 47.9 Å². The first kappa shape index (κ1) is 117. The third kappa shape index (κ3) is 77.4. The average molecular weight is 1830 g/mol. The lowest BCUT2D eigenvalue weighted by Crippen LogP contribution is -2.42. The Morgan fingerprint density at radius 2 is 0.512 bits per heavy atom. The second-order valence-electron chi connectivity index (χ2n) is 30.8. The molecule has 0 aromatic carbocycles. The van der Waals surface area contributed by atoms with E-state index >= 15 is 0 Å². The Hall–Kier alpha value is -5.51. The van der Waals surface area contributed by atoms with Gasteiger partial charge in [0.2, 0.25) is 0 Å². The van der Waals surface area contributed by atoms with E-state index in [1.54, 1.807) is 54.0 Å². The van der Waals surface area contributed by atoms with Gasteiger partial charge in [-0.2, -0.15) is 47.0 Å². The van der Waals surface area contributed by atoms with Crippen LogP contribution in [0.15, 0.2) is 0 Å². The van der Waals surface area contributed by atoms with E-state index in [2.05, 4.69) is 88.9 Å². The van der Waals surface area contributed by atoms with Gasteiger partial charge in [0.1, 0.15) is 66.1 Å². The summed E-state index contributed by atoms with van der Waals surface area (Å²) in [5.41, 5.74) is 0. The molecule has 0 saturated heterocycles. The number of terminal acetylenes is 1. The van der Waals surface area contributed by atoms with Crippen LogP contribution in [0.4, 0.5) is 0 Å². The van der Waals surface area contributed by atoms with Gasteiger partial charge < -0.3 is 72.7 Å². The lowest BCUT2D eigenvalue weighted by atomic mass is 10.1. The van der Waals surface area contributed by atoms with Gasteiger partial charge in [0.25, 0.3) is 0 Å². The number of hydrogen-bond donors (Lipinski definition) is 2. The van der Waals surface area contributed by atoms with Crippen LogP contribution < -0.4 is 10.6 Å². The van der Waals surface area contributed by atoms with Crippen molar-refractivity contribution in [3.63, 3.8) is 0 Å². The predicted octanol–water partition coefficient (Wildman–Crippen LogP) is 14.3. The number of esters is 10. The topological polar surface area (TPSA) is 297 Å². The van der Waals surface area contributed by atoms with Gasteiger partial charge in [-0.05, 0) is 89.5 Å². The number of carbonyl (C=O) groups is 10. The monoisotopic (exact) mass is 1820 g/mol. The van der Waals surface area contributed by atoms with Gasteiger partial charge in [-0.15, -0.1) is 6.42 Å². The fraction of sp³-hybridized carbons (Fsp3) is 0.806. The Balaban J connectivity index is 6.41. The van der Waals surface area contributed by atoms with E-state index in [1.165, 1.54) is 140 Å². The van der Waals surface area contributed by atoms with Crippen LogP contribution in [0.2, 0.25) is 0 Å². The third-order valence-electron chi connectivity index (χ3n) is 19.4. The molecule has 0 aliphatic carbocycles. The molecule has 30 heteroatoms. The van der Waals surface area contributed by atoms with Crippen molar-refractivity contribution in [2.24, 2.45) is 29.6 Å². The number of rotatable bonds is 85. The van der Waals surface area contributed by atoms with Crippen LogP contribution >= 0.6 is 58.8 Å². The molecule has 0 radical (unpaired) electrons. The van der Waals surface area contributed by atoms with Crippen LogP contribution in [0, 0.1) is 76.8 Å². The van der Waals surface area contributed by atoms with Gasteiger partial charge in [-0.3, -0.25) is 47.9 Å². The largest absolute Gasteiger partial charge is 0.462 e. The number of nitrogens with one attached hydrogen (secondary N) is 2. The molecule has 0 heterocycles. The maximum Gasteiger partial charge on any atom is 0.309 e. The number of nitrogens with zero attached hydrogens (tertiary/aromatic N) is 3. The molecule has 0 aliphatic heterocycles. The number of unbranched alkanes of at least 4 members (excludes halogenated alkanes) is 20. The summed E-state index contributed by atoms with van der Waals surface area (Å²) < 4.78 is 54.8. The SMILES string of the molecule is C#CC#CC#CC#CSCC(C)C(=O)OCCOC(=O)CCN(CCNCCC(=O)OCCOC(=O)C(C)CSCCCCCCCC)CCNCCN(CCC(=O)OCCOC(=O)C(C)CSCCCCCCCC)CCN(CCC(=O)OCCOC(=O)C(C)CSCCCCCCCC)CCC(=O)OCCOC(=O)C(C)CSCCCCCCCC. The van der Waals surface area contributed by atoms with Gasteiger partial charge in [0, 0.05) is 114 Å². The quantitative estimate of drug-likeness (QED) is 0.0247. The molecule has 704 valence electrons. The van der Waals surface area contributed by atoms with E-state index in [4.69, 9.17) is 53.8 Å². The van der Waals surface area contributed by atoms with Crippen LogP contribution in [0.5, 0.6) is 0 Å². The van der Waals surface area contributed by atoms with Crippen molar-refractivity contribution < 1.29 is 95.3 Å². The van der Waals surface area contributed by atoms with E-state index < -0.39 is 41.7 Å². The Morgan fingerprint density at radius 1 is 0.276 bits per heavy atom. The highest BCUT2D eigenvalue weighted by atomic mass is 32.2. The number of carbonyl (C=O) groups excluding carboxylic acids is 10. The molecule has 0 rings (SSSR count). The molecule has 5 unspecified atom stereocenters. The standard InChI is InChI=1S/C93H157N5O20S5/c1-11-16-21-26-31-36-69-119-74-79(6)89(104)114-64-59-109-84(99)41-46-94-47-54-97(52-44-87(102)112-62-67-117-92(107)82(9)77-122-72-39-34-29-24-19-14-4)55-48-95-49-56-98(53-45-88(103)113-63-68-118-93(108)83(10)78-123-73-40-35-30-25-20-15-5)58-57-96(50-42-85(100)110-60-65-115-90(105)80(7)75-120-70-37-32-27-22-17-12-2)51-43-86(101)111-61-66-116-91(106)81(8)76-121-71-38-33-28-23-18-13-3/h4,79-83,94-95H,11-13,15-18,20-23,25-28,30-33,35-38,40-71,73-78H2,1-3,5-10H3. The molecule has 0 fully saturated rings. The lowest BCUT2D eigenvalue weighted by Gasteiger charge is -2.28. The molecular formula is C93H157N5O20S5. The highest BCUT2D eigenvalue weighted by molar-refractivity contribution is 8.03. The number of ether oxygens (including phenoxy) is 10. The molecule has 25 nitrogen and oxygen atoms in total. The van der Waals surface area contributed by atoms with Crippen LogP contribution in [0.3, 0.4) is 0 Å². The first-order chi connectivity index (χ1) is 59.7.